The normalized spacial score (nSPS) is 28.7. The molecule has 2 N–H and O–H groups in total. The number of allylic oxidation sites excluding steroid dienone is 1. The highest BCUT2D eigenvalue weighted by molar-refractivity contribution is 6.00. The van der Waals surface area contributed by atoms with Crippen LogP contribution in [0.4, 0.5) is 5.69 Å². The van der Waals surface area contributed by atoms with E-state index >= 15 is 0 Å². The first-order chi connectivity index (χ1) is 10.7. The van der Waals surface area contributed by atoms with E-state index in [-0.39, 0.29) is 17.4 Å². The van der Waals surface area contributed by atoms with Gasteiger partial charge >= 0.3 is 0 Å². The summed E-state index contributed by atoms with van der Waals surface area (Å²) in [5.74, 6) is 1.09. The number of nitrogens with two attached hydrogens (primary N) is 1. The van der Waals surface area contributed by atoms with E-state index in [0.717, 1.165) is 24.3 Å². The Morgan fingerprint density at radius 2 is 2.18 bits per heavy atom. The minimum absolute atomic E-state index is 0.0635. The number of benzene rings is 1. The number of rotatable bonds is 3. The molecular formula is C18H20N2O2. The average Bonchev–Trinajstić information content (AvgIpc) is 2.83. The van der Waals surface area contributed by atoms with Crippen molar-refractivity contribution in [3.63, 3.8) is 0 Å². The second-order valence-electron chi connectivity index (χ2n) is 6.23. The van der Waals surface area contributed by atoms with E-state index in [1.54, 1.807) is 7.11 Å². The molecule has 2 aliphatic heterocycles. The molecule has 1 fully saturated rings. The molecular weight excluding hydrogens is 276 g/mol. The van der Waals surface area contributed by atoms with Gasteiger partial charge in [-0.05, 0) is 48.7 Å². The van der Waals surface area contributed by atoms with Gasteiger partial charge in [-0.15, -0.1) is 0 Å². The maximum absolute atomic E-state index is 12.6. The lowest BCUT2D eigenvalue weighted by Crippen LogP contribution is -2.52. The molecule has 1 amide bonds. The number of hydrogen-bond acceptors (Lipinski definition) is 3. The van der Waals surface area contributed by atoms with Gasteiger partial charge in [-0.25, -0.2) is 0 Å². The standard InChI is InChI=1S/C18H20N2O2/c1-22-13-10-12-6-7-16(21)20-15-5-3-2-4-14(15)18(11-13,8-9-19)17(12)20/h2-5,10-11,17H,6-9,19H2,1H3. The molecule has 0 radical (unpaired) electrons. The molecule has 1 aromatic carbocycles. The monoisotopic (exact) mass is 296 g/mol. The Morgan fingerprint density at radius 1 is 1.36 bits per heavy atom. The summed E-state index contributed by atoms with van der Waals surface area (Å²) in [5, 5.41) is 0. The maximum Gasteiger partial charge on any atom is 0.227 e. The summed E-state index contributed by atoms with van der Waals surface area (Å²) < 4.78 is 5.54. The summed E-state index contributed by atoms with van der Waals surface area (Å²) in [6, 6.07) is 8.28. The van der Waals surface area contributed by atoms with E-state index in [9.17, 15) is 4.79 Å². The zero-order chi connectivity index (χ0) is 15.3. The molecule has 2 unspecified atom stereocenters. The molecule has 3 aliphatic rings. The number of piperidine rings is 1. The first kappa shape index (κ1) is 13.6. The van der Waals surface area contributed by atoms with Crippen LogP contribution < -0.4 is 10.6 Å². The summed E-state index contributed by atoms with van der Waals surface area (Å²) in [6.07, 6.45) is 6.45. The van der Waals surface area contributed by atoms with Gasteiger partial charge in [0.1, 0.15) is 5.76 Å². The van der Waals surface area contributed by atoms with Gasteiger partial charge in [-0.3, -0.25) is 4.79 Å². The van der Waals surface area contributed by atoms with Gasteiger partial charge in [0.15, 0.2) is 0 Å². The van der Waals surface area contributed by atoms with Gasteiger partial charge in [0.05, 0.1) is 13.2 Å². The van der Waals surface area contributed by atoms with Crippen molar-refractivity contribution in [2.45, 2.75) is 30.7 Å². The smallest absolute Gasteiger partial charge is 0.227 e. The molecule has 2 heterocycles. The summed E-state index contributed by atoms with van der Waals surface area (Å²) in [6.45, 7) is 0.577. The van der Waals surface area contributed by atoms with Crippen LogP contribution in [0.25, 0.3) is 0 Å². The SMILES string of the molecule is COC1=CC2(CCN)c3ccccc3N3C(=O)CCC(=C1)C32. The van der Waals surface area contributed by atoms with Crippen LogP contribution in [0.5, 0.6) is 0 Å². The lowest BCUT2D eigenvalue weighted by Gasteiger charge is -2.43. The number of carbonyl (C=O) groups excluding carboxylic acids is 1. The van der Waals surface area contributed by atoms with Gasteiger partial charge in [0.2, 0.25) is 5.91 Å². The van der Waals surface area contributed by atoms with Gasteiger partial charge in [0, 0.05) is 17.5 Å². The highest BCUT2D eigenvalue weighted by atomic mass is 16.5. The van der Waals surface area contributed by atoms with Gasteiger partial charge in [-0.2, -0.15) is 0 Å². The Hall–Kier alpha value is -2.07. The molecule has 0 spiro atoms. The zero-order valence-corrected chi connectivity index (χ0v) is 12.7. The molecule has 2 atom stereocenters. The fraction of sp³-hybridized carbons (Fsp3) is 0.389. The number of carbonyl (C=O) groups is 1. The second-order valence-corrected chi connectivity index (χ2v) is 6.23. The minimum Gasteiger partial charge on any atom is -0.497 e. The topological polar surface area (TPSA) is 55.6 Å². The van der Waals surface area contributed by atoms with Crippen molar-refractivity contribution in [3.05, 3.63) is 53.3 Å². The van der Waals surface area contributed by atoms with Gasteiger partial charge in [0.25, 0.3) is 0 Å². The quantitative estimate of drug-likeness (QED) is 0.931. The lowest BCUT2D eigenvalue weighted by atomic mass is 9.67. The van der Waals surface area contributed by atoms with Crippen molar-refractivity contribution in [2.75, 3.05) is 18.6 Å². The van der Waals surface area contributed by atoms with E-state index in [1.807, 2.05) is 23.1 Å². The number of para-hydroxylation sites is 1. The van der Waals surface area contributed by atoms with Crippen LogP contribution in [0.3, 0.4) is 0 Å². The third kappa shape index (κ3) is 1.59. The molecule has 22 heavy (non-hydrogen) atoms. The van der Waals surface area contributed by atoms with Crippen molar-refractivity contribution >= 4 is 11.6 Å². The van der Waals surface area contributed by atoms with Gasteiger partial charge in [-0.1, -0.05) is 18.2 Å². The summed E-state index contributed by atoms with van der Waals surface area (Å²) in [7, 11) is 1.70. The van der Waals surface area contributed by atoms with Crippen LogP contribution in [0.1, 0.15) is 24.8 Å². The number of anilines is 1. The third-order valence-electron chi connectivity index (χ3n) is 5.18. The van der Waals surface area contributed by atoms with Crippen LogP contribution in [0.15, 0.2) is 47.7 Å². The van der Waals surface area contributed by atoms with Crippen molar-refractivity contribution < 1.29 is 9.53 Å². The highest BCUT2D eigenvalue weighted by Gasteiger charge is 2.55. The zero-order valence-electron chi connectivity index (χ0n) is 12.7. The third-order valence-corrected chi connectivity index (χ3v) is 5.18. The van der Waals surface area contributed by atoms with E-state index in [1.165, 1.54) is 11.1 Å². The number of ether oxygens (including phenoxy) is 1. The molecule has 1 aromatic rings. The fourth-order valence-corrected chi connectivity index (χ4v) is 4.36. The number of methoxy groups -OCH3 is 1. The molecule has 4 nitrogen and oxygen atoms in total. The minimum atomic E-state index is -0.253. The molecule has 0 aromatic heterocycles. The van der Waals surface area contributed by atoms with Crippen LogP contribution in [0, 0.1) is 0 Å². The first-order valence-electron chi connectivity index (χ1n) is 7.80. The Labute approximate surface area is 130 Å². The van der Waals surface area contributed by atoms with E-state index < -0.39 is 0 Å². The first-order valence-corrected chi connectivity index (χ1v) is 7.80. The molecule has 114 valence electrons. The molecule has 1 aliphatic carbocycles. The molecule has 0 saturated carbocycles. The fourth-order valence-electron chi connectivity index (χ4n) is 4.36. The highest BCUT2D eigenvalue weighted by Crippen LogP contribution is 2.55. The largest absolute Gasteiger partial charge is 0.497 e. The van der Waals surface area contributed by atoms with E-state index in [0.29, 0.717) is 13.0 Å². The van der Waals surface area contributed by atoms with Crippen molar-refractivity contribution in [3.8, 4) is 0 Å². The number of fused-ring (bicyclic) bond motifs is 3. The Kier molecular flexibility index (Phi) is 2.91. The summed E-state index contributed by atoms with van der Waals surface area (Å²) in [4.78, 5) is 14.6. The average molecular weight is 296 g/mol. The number of amides is 1. The summed E-state index contributed by atoms with van der Waals surface area (Å²) >= 11 is 0. The predicted molar refractivity (Wildman–Crippen MR) is 85.5 cm³/mol. The van der Waals surface area contributed by atoms with Crippen LogP contribution in [-0.4, -0.2) is 25.6 Å². The van der Waals surface area contributed by atoms with Crippen LogP contribution in [0.2, 0.25) is 0 Å². The molecule has 4 heteroatoms. The number of nitrogens with zero attached hydrogens (tertiary/aromatic N) is 1. The lowest BCUT2D eigenvalue weighted by molar-refractivity contribution is -0.119. The Bertz CT molecular complexity index is 707. The Morgan fingerprint density at radius 3 is 2.95 bits per heavy atom. The van der Waals surface area contributed by atoms with Crippen molar-refractivity contribution in [1.29, 1.82) is 0 Å². The van der Waals surface area contributed by atoms with E-state index in [4.69, 9.17) is 10.5 Å². The number of hydrogen-bond donors (Lipinski definition) is 1. The second kappa shape index (κ2) is 4.71. The predicted octanol–water partition coefficient (Wildman–Crippen LogP) is 2.25. The van der Waals surface area contributed by atoms with Crippen molar-refractivity contribution in [1.82, 2.24) is 0 Å². The molecule has 0 bridgehead atoms. The maximum atomic E-state index is 12.6. The summed E-state index contributed by atoms with van der Waals surface area (Å²) in [5.41, 5.74) is 9.20. The van der Waals surface area contributed by atoms with Gasteiger partial charge < -0.3 is 15.4 Å². The van der Waals surface area contributed by atoms with Crippen LogP contribution >= 0.6 is 0 Å². The molecule has 4 rings (SSSR count). The van der Waals surface area contributed by atoms with Crippen LogP contribution in [-0.2, 0) is 14.9 Å². The van der Waals surface area contributed by atoms with E-state index in [2.05, 4.69) is 18.2 Å². The van der Waals surface area contributed by atoms with Crippen molar-refractivity contribution in [2.24, 2.45) is 5.73 Å². The Balaban J connectivity index is 2.00. The molecule has 1 saturated heterocycles.